The van der Waals surface area contributed by atoms with Crippen molar-refractivity contribution in [3.05, 3.63) is 54.5 Å². The van der Waals surface area contributed by atoms with Gasteiger partial charge in [-0.3, -0.25) is 4.98 Å². The third-order valence-corrected chi connectivity index (χ3v) is 4.56. The Kier molecular flexibility index (Phi) is 5.38. The third kappa shape index (κ3) is 4.14. The smallest absolute Gasteiger partial charge is 0.346 e. The molecule has 3 aromatic rings. The van der Waals surface area contributed by atoms with Gasteiger partial charge in [-0.2, -0.15) is 26.3 Å². The van der Waals surface area contributed by atoms with Crippen molar-refractivity contribution in [3.63, 3.8) is 0 Å². The lowest BCUT2D eigenvalue weighted by atomic mass is 10.0. The number of halogens is 6. The van der Waals surface area contributed by atoms with Crippen LogP contribution in [0.1, 0.15) is 5.56 Å². The molecule has 0 aliphatic heterocycles. The molecule has 0 bridgehead atoms. The molecule has 0 unspecified atom stereocenters. The highest BCUT2D eigenvalue weighted by atomic mass is 19.4. The maximum absolute atomic E-state index is 13.0. The molecule has 2 aromatic heterocycles. The van der Waals surface area contributed by atoms with Crippen molar-refractivity contribution in [2.45, 2.75) is 25.3 Å². The van der Waals surface area contributed by atoms with Gasteiger partial charge in [-0.25, -0.2) is 0 Å². The number of hydrogen-bond acceptors (Lipinski definition) is 2. The number of rotatable bonds is 5. The molecule has 0 saturated heterocycles. The first-order chi connectivity index (χ1) is 13.1. The molecule has 1 aromatic carbocycles. The summed E-state index contributed by atoms with van der Waals surface area (Å²) in [6.07, 6.45) is -6.00. The second-order valence-corrected chi connectivity index (χ2v) is 6.45. The Hall–Kier alpha value is -2.55. The number of nitrogens with two attached hydrogens (primary N) is 1. The van der Waals surface area contributed by atoms with E-state index in [-0.39, 0.29) is 6.54 Å². The molecule has 2 heterocycles. The van der Waals surface area contributed by atoms with E-state index in [0.717, 1.165) is 10.1 Å². The van der Waals surface area contributed by atoms with Crippen molar-refractivity contribution in [1.82, 2.24) is 9.55 Å². The van der Waals surface area contributed by atoms with Crippen LogP contribution < -0.4 is 5.73 Å². The third-order valence-electron chi connectivity index (χ3n) is 4.56. The Balaban J connectivity index is 2.12. The summed E-state index contributed by atoms with van der Waals surface area (Å²) in [5, 5.41) is 0.589. The van der Waals surface area contributed by atoms with Crippen molar-refractivity contribution in [2.75, 3.05) is 6.54 Å². The number of aromatic nitrogens is 2. The molecular weight excluding hydrogens is 384 g/mol. The highest BCUT2D eigenvalue weighted by Gasteiger charge is 2.56. The quantitative estimate of drug-likeness (QED) is 0.615. The van der Waals surface area contributed by atoms with Crippen molar-refractivity contribution in [1.29, 1.82) is 0 Å². The fourth-order valence-electron chi connectivity index (χ4n) is 3.19. The van der Waals surface area contributed by atoms with Gasteiger partial charge in [0.25, 0.3) is 0 Å². The summed E-state index contributed by atoms with van der Waals surface area (Å²) in [6, 6.07) is 8.48. The molecule has 9 heteroatoms. The Morgan fingerprint density at radius 2 is 1.57 bits per heavy atom. The number of pyridine rings is 1. The first-order valence-electron chi connectivity index (χ1n) is 8.47. The van der Waals surface area contributed by atoms with Crippen LogP contribution in [0.25, 0.3) is 22.0 Å². The predicted molar refractivity (Wildman–Crippen MR) is 93.5 cm³/mol. The van der Waals surface area contributed by atoms with Crippen LogP contribution in [0.2, 0.25) is 0 Å². The lowest BCUT2D eigenvalue weighted by molar-refractivity contribution is -0.287. The topological polar surface area (TPSA) is 43.8 Å². The fourth-order valence-corrected chi connectivity index (χ4v) is 3.19. The Morgan fingerprint density at radius 1 is 0.929 bits per heavy atom. The average Bonchev–Trinajstić information content (AvgIpc) is 2.96. The fraction of sp³-hybridized carbons (Fsp3) is 0.316. The van der Waals surface area contributed by atoms with E-state index in [1.54, 1.807) is 42.7 Å². The Labute approximate surface area is 156 Å². The van der Waals surface area contributed by atoms with Crippen LogP contribution in [0.5, 0.6) is 0 Å². The zero-order valence-corrected chi connectivity index (χ0v) is 14.6. The van der Waals surface area contributed by atoms with Gasteiger partial charge in [-0.05, 0) is 47.9 Å². The Morgan fingerprint density at radius 3 is 2.14 bits per heavy atom. The number of hydrogen-bond donors (Lipinski definition) is 1. The van der Waals surface area contributed by atoms with Crippen molar-refractivity contribution < 1.29 is 26.3 Å². The van der Waals surface area contributed by atoms with Gasteiger partial charge in [0.1, 0.15) is 0 Å². The van der Waals surface area contributed by atoms with Crippen LogP contribution in [0.15, 0.2) is 48.9 Å². The first kappa shape index (κ1) is 20.2. The number of fused-ring (bicyclic) bond motifs is 1. The number of alkyl halides is 6. The van der Waals surface area contributed by atoms with Crippen LogP contribution in [0.3, 0.4) is 0 Å². The maximum Gasteiger partial charge on any atom is 0.402 e. The standard InChI is InChI=1S/C19H17F6N3/c20-18(21,22)17(19(23,24)25)11-28-10-14(3-6-26)15-2-1-13(9-16(15)28)12-4-7-27-8-5-12/h1-2,4-5,7-10,17H,3,6,11,26H2. The van der Waals surface area contributed by atoms with E-state index >= 15 is 0 Å². The summed E-state index contributed by atoms with van der Waals surface area (Å²) in [5.74, 6) is -3.45. The van der Waals surface area contributed by atoms with Crippen LogP contribution in [0.4, 0.5) is 26.3 Å². The lowest BCUT2D eigenvalue weighted by Gasteiger charge is -2.23. The van der Waals surface area contributed by atoms with Crippen molar-refractivity contribution in [2.24, 2.45) is 11.7 Å². The summed E-state index contributed by atoms with van der Waals surface area (Å²) in [7, 11) is 0. The van der Waals surface area contributed by atoms with E-state index in [0.29, 0.717) is 28.5 Å². The summed E-state index contributed by atoms with van der Waals surface area (Å²) in [4.78, 5) is 3.90. The molecule has 0 aliphatic carbocycles. The van der Waals surface area contributed by atoms with E-state index in [9.17, 15) is 26.3 Å². The molecule has 0 saturated carbocycles. The summed E-state index contributed by atoms with van der Waals surface area (Å²) < 4.78 is 79.3. The van der Waals surface area contributed by atoms with E-state index in [1.807, 2.05) is 0 Å². The first-order valence-corrected chi connectivity index (χ1v) is 8.47. The molecule has 0 fully saturated rings. The second-order valence-electron chi connectivity index (χ2n) is 6.45. The highest BCUT2D eigenvalue weighted by Crippen LogP contribution is 2.41. The molecule has 0 spiro atoms. The number of nitrogens with zero attached hydrogens (tertiary/aromatic N) is 2. The van der Waals surface area contributed by atoms with Gasteiger partial charge in [0.2, 0.25) is 0 Å². The number of benzene rings is 1. The monoisotopic (exact) mass is 401 g/mol. The van der Waals surface area contributed by atoms with Crippen LogP contribution in [-0.2, 0) is 13.0 Å². The molecular formula is C19H17F6N3. The molecule has 3 rings (SSSR count). The molecule has 0 aliphatic rings. The van der Waals surface area contributed by atoms with E-state index in [4.69, 9.17) is 5.73 Å². The van der Waals surface area contributed by atoms with Gasteiger partial charge in [-0.1, -0.05) is 12.1 Å². The normalized spacial score (nSPS) is 12.9. The van der Waals surface area contributed by atoms with Gasteiger partial charge < -0.3 is 10.3 Å². The Bertz CT molecular complexity index is 930. The maximum atomic E-state index is 13.0. The zero-order chi connectivity index (χ0) is 20.5. The highest BCUT2D eigenvalue weighted by molar-refractivity contribution is 5.88. The predicted octanol–water partition coefficient (Wildman–Crippen LogP) is 4.95. The minimum atomic E-state index is -5.40. The SMILES string of the molecule is NCCc1cn(CC(C(F)(F)F)C(F)(F)F)c2cc(-c3ccncc3)ccc12. The van der Waals surface area contributed by atoms with Gasteiger partial charge in [0, 0.05) is 36.0 Å². The van der Waals surface area contributed by atoms with E-state index in [2.05, 4.69) is 4.98 Å². The van der Waals surface area contributed by atoms with Gasteiger partial charge in [0.15, 0.2) is 5.92 Å². The van der Waals surface area contributed by atoms with Crippen LogP contribution in [0, 0.1) is 5.92 Å². The molecule has 3 nitrogen and oxygen atoms in total. The van der Waals surface area contributed by atoms with E-state index < -0.39 is 24.8 Å². The molecule has 28 heavy (non-hydrogen) atoms. The van der Waals surface area contributed by atoms with Gasteiger partial charge in [0.05, 0.1) is 0 Å². The lowest BCUT2D eigenvalue weighted by Crippen LogP contribution is -2.39. The summed E-state index contributed by atoms with van der Waals surface area (Å²) in [6.45, 7) is -1.01. The second kappa shape index (κ2) is 7.46. The average molecular weight is 401 g/mol. The molecule has 0 radical (unpaired) electrons. The molecule has 2 N–H and O–H groups in total. The molecule has 0 amide bonds. The van der Waals surface area contributed by atoms with Crippen molar-refractivity contribution in [3.8, 4) is 11.1 Å². The van der Waals surface area contributed by atoms with Crippen LogP contribution in [-0.4, -0.2) is 28.4 Å². The summed E-state index contributed by atoms with van der Waals surface area (Å²) >= 11 is 0. The molecule has 150 valence electrons. The van der Waals surface area contributed by atoms with Crippen molar-refractivity contribution >= 4 is 10.9 Å². The van der Waals surface area contributed by atoms with Crippen LogP contribution >= 0.6 is 0 Å². The summed E-state index contributed by atoms with van der Waals surface area (Å²) in [5.41, 5.74) is 7.89. The van der Waals surface area contributed by atoms with Gasteiger partial charge in [-0.15, -0.1) is 0 Å². The van der Waals surface area contributed by atoms with Gasteiger partial charge >= 0.3 is 12.4 Å². The molecule has 0 atom stereocenters. The van der Waals surface area contributed by atoms with E-state index in [1.165, 1.54) is 6.20 Å². The minimum Gasteiger partial charge on any atom is -0.346 e. The zero-order valence-electron chi connectivity index (χ0n) is 14.6. The minimum absolute atomic E-state index is 0.229. The largest absolute Gasteiger partial charge is 0.402 e.